The number of hydrogen-bond donors (Lipinski definition) is 1. The Bertz CT molecular complexity index is 974. The lowest BCUT2D eigenvalue weighted by Gasteiger charge is -2.40. The Morgan fingerprint density at radius 1 is 0.923 bits per heavy atom. The summed E-state index contributed by atoms with van der Waals surface area (Å²) in [4.78, 5) is 46.3. The van der Waals surface area contributed by atoms with Crippen LogP contribution in [0.3, 0.4) is 0 Å². The topological polar surface area (TPSA) is 96.4 Å². The van der Waals surface area contributed by atoms with E-state index in [1.165, 1.54) is 6.42 Å². The van der Waals surface area contributed by atoms with Crippen LogP contribution < -0.4 is 0 Å². The summed E-state index contributed by atoms with van der Waals surface area (Å²) in [5.41, 5.74) is -2.20. The highest BCUT2D eigenvalue weighted by Crippen LogP contribution is 2.58. The molecule has 8 nitrogen and oxygen atoms in total. The van der Waals surface area contributed by atoms with Crippen molar-refractivity contribution < 1.29 is 29.0 Å². The first kappa shape index (κ1) is 28.3. The molecule has 5 aliphatic rings. The lowest BCUT2D eigenvalue weighted by Crippen LogP contribution is -2.57. The van der Waals surface area contributed by atoms with Gasteiger partial charge in [0, 0.05) is 25.7 Å². The number of aliphatic hydroxyl groups excluding tert-OH is 1. The van der Waals surface area contributed by atoms with Gasteiger partial charge in [-0.25, -0.2) is 0 Å². The van der Waals surface area contributed by atoms with E-state index in [0.29, 0.717) is 26.1 Å². The Morgan fingerprint density at radius 2 is 1.72 bits per heavy atom. The van der Waals surface area contributed by atoms with Crippen LogP contribution in [0, 0.1) is 11.8 Å². The average Bonchev–Trinajstić information content (AvgIpc) is 3.30. The van der Waals surface area contributed by atoms with Crippen molar-refractivity contribution >= 4 is 17.8 Å². The fraction of sp³-hybridized carbons (Fsp3) is 0.774. The van der Waals surface area contributed by atoms with Crippen LogP contribution in [0.5, 0.6) is 0 Å². The van der Waals surface area contributed by atoms with Gasteiger partial charge in [0.05, 0.1) is 12.5 Å². The molecule has 0 aromatic rings. The van der Waals surface area contributed by atoms with Crippen LogP contribution in [-0.4, -0.2) is 82.3 Å². The van der Waals surface area contributed by atoms with Crippen molar-refractivity contribution in [3.8, 4) is 0 Å². The molecule has 4 aliphatic heterocycles. The van der Waals surface area contributed by atoms with E-state index >= 15 is 0 Å². The fourth-order valence-electron chi connectivity index (χ4n) is 7.76. The maximum Gasteiger partial charge on any atom is 0.313 e. The van der Waals surface area contributed by atoms with Gasteiger partial charge in [0.15, 0.2) is 0 Å². The Hall–Kier alpha value is -2.19. The van der Waals surface area contributed by atoms with Gasteiger partial charge in [-0.05, 0) is 51.4 Å². The number of cyclic esters (lactones) is 1. The molecule has 216 valence electrons. The van der Waals surface area contributed by atoms with Gasteiger partial charge in [-0.15, -0.1) is 0 Å². The van der Waals surface area contributed by atoms with E-state index in [-0.39, 0.29) is 24.5 Å². The Labute approximate surface area is 232 Å². The molecular formula is C31H46N2O6. The number of likely N-dealkylation sites (tertiary alicyclic amines) is 1. The minimum atomic E-state index is -1.21. The summed E-state index contributed by atoms with van der Waals surface area (Å²) in [5, 5.41) is 9.18. The molecule has 1 unspecified atom stereocenters. The highest BCUT2D eigenvalue weighted by atomic mass is 16.6. The number of rotatable bonds is 8. The van der Waals surface area contributed by atoms with Crippen LogP contribution in [0.2, 0.25) is 0 Å². The third kappa shape index (κ3) is 5.08. The van der Waals surface area contributed by atoms with Crippen LogP contribution in [0.15, 0.2) is 24.3 Å². The number of carbonyl (C=O) groups is 3. The molecule has 2 amide bonds. The van der Waals surface area contributed by atoms with Gasteiger partial charge in [-0.3, -0.25) is 14.4 Å². The highest BCUT2D eigenvalue weighted by molar-refractivity contribution is 5.99. The second-order valence-corrected chi connectivity index (χ2v) is 12.0. The summed E-state index contributed by atoms with van der Waals surface area (Å²) >= 11 is 0. The van der Waals surface area contributed by atoms with Crippen molar-refractivity contribution in [2.24, 2.45) is 11.8 Å². The number of esters is 1. The molecule has 1 aliphatic carbocycles. The van der Waals surface area contributed by atoms with E-state index in [1.807, 2.05) is 30.1 Å². The lowest BCUT2D eigenvalue weighted by molar-refractivity contribution is -0.162. The minimum absolute atomic E-state index is 0.0505. The maximum atomic E-state index is 14.5. The Balaban J connectivity index is 1.55. The number of amides is 2. The van der Waals surface area contributed by atoms with E-state index in [0.717, 1.165) is 70.6 Å². The number of aliphatic hydroxyl groups is 1. The van der Waals surface area contributed by atoms with Gasteiger partial charge in [-0.2, -0.15) is 0 Å². The van der Waals surface area contributed by atoms with Gasteiger partial charge in [-0.1, -0.05) is 63.3 Å². The van der Waals surface area contributed by atoms with Crippen molar-refractivity contribution in [3.05, 3.63) is 24.3 Å². The number of hydrogen-bond acceptors (Lipinski definition) is 6. The van der Waals surface area contributed by atoms with Gasteiger partial charge < -0.3 is 24.4 Å². The molecule has 5 atom stereocenters. The zero-order valence-electron chi connectivity index (χ0n) is 23.5. The van der Waals surface area contributed by atoms with Crippen LogP contribution in [0.4, 0.5) is 0 Å². The van der Waals surface area contributed by atoms with E-state index in [4.69, 9.17) is 9.47 Å². The van der Waals surface area contributed by atoms with Gasteiger partial charge in [0.2, 0.25) is 11.8 Å². The normalized spacial score (nSPS) is 36.3. The molecular weight excluding hydrogens is 496 g/mol. The summed E-state index contributed by atoms with van der Waals surface area (Å²) in [6.45, 7) is 3.41. The molecule has 2 saturated heterocycles. The summed E-state index contributed by atoms with van der Waals surface area (Å²) < 4.78 is 12.8. The number of nitrogens with zero attached hydrogens (tertiary/aromatic N) is 2. The molecule has 0 aromatic heterocycles. The van der Waals surface area contributed by atoms with E-state index in [2.05, 4.69) is 6.08 Å². The number of carbonyl (C=O) groups excluding carboxylic acids is 3. The number of unbranched alkanes of at least 4 members (excludes halogenated alkanes) is 3. The molecule has 8 heteroatoms. The first-order chi connectivity index (χ1) is 19.0. The maximum absolute atomic E-state index is 14.5. The molecule has 0 radical (unpaired) electrons. The van der Waals surface area contributed by atoms with Crippen LogP contribution in [0.25, 0.3) is 0 Å². The van der Waals surface area contributed by atoms with Gasteiger partial charge >= 0.3 is 5.97 Å². The number of fused-ring (bicyclic) bond motifs is 2. The third-order valence-electron chi connectivity index (χ3n) is 9.74. The van der Waals surface area contributed by atoms with Crippen LogP contribution in [-0.2, 0) is 23.9 Å². The summed E-state index contributed by atoms with van der Waals surface area (Å²) in [5.74, 6) is -2.22. The van der Waals surface area contributed by atoms with Crippen LogP contribution >= 0.6 is 0 Å². The predicted molar refractivity (Wildman–Crippen MR) is 147 cm³/mol. The molecule has 1 saturated carbocycles. The molecule has 5 rings (SSSR count). The van der Waals surface area contributed by atoms with Crippen molar-refractivity contribution in [2.45, 2.75) is 114 Å². The highest BCUT2D eigenvalue weighted by Gasteiger charge is 2.75. The standard InChI is InChI=1S/C31H46N2O6/c1-2-30-17-10-3-6-13-22-38-29(37)25(30)24-27(35)33(19-11-4-5-12-21-34)26-28(36)32(23-15-8-7-9-16-23)20-14-18-31(24,26)39-30/h10,14,17-18,23-26,34H,2-9,11-13,15-16,19-22H2,1H3/b17-10-/t24-,25+,26?,30-,31-/m0/s1. The van der Waals surface area contributed by atoms with E-state index in [1.54, 1.807) is 4.90 Å². The number of ether oxygens (including phenoxy) is 2. The van der Waals surface area contributed by atoms with Crippen molar-refractivity contribution in [3.63, 3.8) is 0 Å². The molecule has 0 bridgehead atoms. The Morgan fingerprint density at radius 3 is 2.49 bits per heavy atom. The minimum Gasteiger partial charge on any atom is -0.465 e. The van der Waals surface area contributed by atoms with Crippen molar-refractivity contribution in [1.82, 2.24) is 9.80 Å². The van der Waals surface area contributed by atoms with Gasteiger partial charge in [0.1, 0.15) is 23.2 Å². The largest absolute Gasteiger partial charge is 0.465 e. The molecule has 4 heterocycles. The molecule has 1 spiro atoms. The molecule has 1 N–H and O–H groups in total. The van der Waals surface area contributed by atoms with Gasteiger partial charge in [0.25, 0.3) is 0 Å². The molecule has 3 fully saturated rings. The zero-order chi connectivity index (χ0) is 27.5. The quantitative estimate of drug-likeness (QED) is 0.284. The average molecular weight is 543 g/mol. The second kappa shape index (κ2) is 12.1. The summed E-state index contributed by atoms with van der Waals surface area (Å²) in [7, 11) is 0. The first-order valence-electron chi connectivity index (χ1n) is 15.4. The number of allylic oxidation sites excluding steroid dienone is 1. The predicted octanol–water partition coefficient (Wildman–Crippen LogP) is 3.91. The monoisotopic (exact) mass is 542 g/mol. The Kier molecular flexibility index (Phi) is 8.82. The smallest absolute Gasteiger partial charge is 0.313 e. The molecule has 39 heavy (non-hydrogen) atoms. The fourth-order valence-corrected chi connectivity index (χ4v) is 7.76. The second-order valence-electron chi connectivity index (χ2n) is 12.0. The zero-order valence-corrected chi connectivity index (χ0v) is 23.5. The van der Waals surface area contributed by atoms with Crippen molar-refractivity contribution in [1.29, 1.82) is 0 Å². The summed E-state index contributed by atoms with van der Waals surface area (Å²) in [6, 6.07) is -0.630. The van der Waals surface area contributed by atoms with Crippen molar-refractivity contribution in [2.75, 3.05) is 26.3 Å². The van der Waals surface area contributed by atoms with Crippen LogP contribution in [0.1, 0.15) is 90.4 Å². The first-order valence-corrected chi connectivity index (χ1v) is 15.4. The van der Waals surface area contributed by atoms with E-state index < -0.39 is 35.0 Å². The third-order valence-corrected chi connectivity index (χ3v) is 9.74. The molecule has 0 aromatic carbocycles. The lowest BCUT2D eigenvalue weighted by atomic mass is 9.73. The van der Waals surface area contributed by atoms with E-state index in [9.17, 15) is 19.5 Å². The summed E-state index contributed by atoms with van der Waals surface area (Å²) in [6.07, 6.45) is 19.7. The SMILES string of the molecule is CC[C@]12/C=C\CCCCOC(=O)[C@H]1[C@H]1C(=O)N(CCCCCCO)C3C(=O)N(C4CCCCC4)CC=C[C@@]31O2.